The van der Waals surface area contributed by atoms with Gasteiger partial charge in [0.1, 0.15) is 6.61 Å². The molecule has 0 saturated heterocycles. The summed E-state index contributed by atoms with van der Waals surface area (Å²) in [6.07, 6.45) is 3.22. The lowest BCUT2D eigenvalue weighted by Gasteiger charge is -2.13. The summed E-state index contributed by atoms with van der Waals surface area (Å²) in [6, 6.07) is 12.4. The summed E-state index contributed by atoms with van der Waals surface area (Å²) in [5, 5.41) is 26.8. The van der Waals surface area contributed by atoms with Crippen LogP contribution in [0.4, 0.5) is 0 Å². The third kappa shape index (κ3) is 6.56. The Hall–Kier alpha value is -3.36. The van der Waals surface area contributed by atoms with E-state index in [1.54, 1.807) is 23.9 Å². The number of aliphatic hydroxyl groups excluding tert-OH is 2. The van der Waals surface area contributed by atoms with E-state index in [4.69, 9.17) is 14.9 Å². The molecule has 0 fully saturated rings. The van der Waals surface area contributed by atoms with Crippen molar-refractivity contribution in [3.63, 3.8) is 0 Å². The van der Waals surface area contributed by atoms with E-state index in [9.17, 15) is 14.7 Å². The fourth-order valence-corrected chi connectivity index (χ4v) is 2.92. The Morgan fingerprint density at radius 3 is 1.94 bits per heavy atom. The molecule has 3 rings (SSSR count). The summed E-state index contributed by atoms with van der Waals surface area (Å²) in [7, 11) is 0. The molecule has 8 nitrogen and oxygen atoms in total. The van der Waals surface area contributed by atoms with E-state index in [-0.39, 0.29) is 29.8 Å². The first-order valence-corrected chi connectivity index (χ1v) is 9.86. The maximum atomic E-state index is 11.8. The molecule has 3 aromatic rings. The number of aromatic nitrogens is 2. The number of aliphatic hydroxyl groups is 2. The standard InChI is InChI=1S/C15H17NO3.C8H11NO3/c1-12-15(14(18)7-8-16(12)9-10-17)19-11-13-5-3-2-4-6-13;1-6-8(12)7(11)2-3-9(6)4-5-10/h2-8,17H,9-11H2,1H3;2-3,10,12H,4-5H2,1H3. The highest BCUT2D eigenvalue weighted by atomic mass is 16.5. The van der Waals surface area contributed by atoms with Gasteiger partial charge in [0.25, 0.3) is 0 Å². The molecule has 31 heavy (non-hydrogen) atoms. The molecule has 0 amide bonds. The Morgan fingerprint density at radius 1 is 0.806 bits per heavy atom. The minimum Gasteiger partial charge on any atom is -0.503 e. The second-order valence-corrected chi connectivity index (χ2v) is 6.82. The monoisotopic (exact) mass is 428 g/mol. The predicted octanol–water partition coefficient (Wildman–Crippen LogP) is 1.58. The normalized spacial score (nSPS) is 10.3. The largest absolute Gasteiger partial charge is 0.503 e. The Bertz CT molecular complexity index is 1090. The van der Waals surface area contributed by atoms with Crippen LogP contribution in [0.15, 0.2) is 64.4 Å². The molecule has 0 saturated carbocycles. The Kier molecular flexibility index (Phi) is 9.05. The van der Waals surface area contributed by atoms with Crippen molar-refractivity contribution in [1.82, 2.24) is 9.13 Å². The van der Waals surface area contributed by atoms with Crippen LogP contribution in [-0.4, -0.2) is 37.7 Å². The van der Waals surface area contributed by atoms with E-state index in [0.717, 1.165) is 11.3 Å². The van der Waals surface area contributed by atoms with Gasteiger partial charge in [0, 0.05) is 37.6 Å². The Morgan fingerprint density at radius 2 is 1.35 bits per heavy atom. The number of aromatic hydroxyl groups is 1. The molecule has 0 aliphatic rings. The van der Waals surface area contributed by atoms with Crippen molar-refractivity contribution in [2.45, 2.75) is 33.5 Å². The minimum atomic E-state index is -0.387. The SMILES string of the molecule is Cc1c(O)c(=O)ccn1CCO.Cc1c(OCc2ccccc2)c(=O)ccn1CCO. The highest BCUT2D eigenvalue weighted by Crippen LogP contribution is 2.14. The van der Waals surface area contributed by atoms with Crippen molar-refractivity contribution in [2.75, 3.05) is 13.2 Å². The molecule has 3 N–H and O–H groups in total. The Balaban J connectivity index is 0.000000245. The summed E-state index contributed by atoms with van der Waals surface area (Å²) >= 11 is 0. The van der Waals surface area contributed by atoms with Gasteiger partial charge in [-0.15, -0.1) is 0 Å². The molecule has 0 aliphatic carbocycles. The van der Waals surface area contributed by atoms with E-state index in [1.807, 2.05) is 41.8 Å². The molecule has 8 heteroatoms. The highest BCUT2D eigenvalue weighted by Gasteiger charge is 2.08. The maximum absolute atomic E-state index is 11.8. The molecule has 2 aromatic heterocycles. The molecular formula is C23H28N2O6. The molecule has 166 valence electrons. The first-order valence-electron chi connectivity index (χ1n) is 9.86. The first kappa shape index (κ1) is 23.9. The number of ether oxygens (including phenoxy) is 1. The lowest BCUT2D eigenvalue weighted by molar-refractivity contribution is 0.268. The summed E-state index contributed by atoms with van der Waals surface area (Å²) in [4.78, 5) is 22.7. The number of hydrogen-bond donors (Lipinski definition) is 3. The predicted molar refractivity (Wildman–Crippen MR) is 117 cm³/mol. The molecule has 0 unspecified atom stereocenters. The van der Waals surface area contributed by atoms with E-state index in [2.05, 4.69) is 0 Å². The lowest BCUT2D eigenvalue weighted by Crippen LogP contribution is -2.16. The van der Waals surface area contributed by atoms with E-state index >= 15 is 0 Å². The van der Waals surface area contributed by atoms with Gasteiger partial charge in [-0.1, -0.05) is 30.3 Å². The van der Waals surface area contributed by atoms with Gasteiger partial charge in [-0.3, -0.25) is 9.59 Å². The van der Waals surface area contributed by atoms with Crippen LogP contribution in [0.25, 0.3) is 0 Å². The van der Waals surface area contributed by atoms with Crippen LogP contribution in [-0.2, 0) is 19.7 Å². The zero-order valence-electron chi connectivity index (χ0n) is 17.7. The van der Waals surface area contributed by atoms with E-state index < -0.39 is 0 Å². The van der Waals surface area contributed by atoms with Crippen molar-refractivity contribution >= 4 is 0 Å². The van der Waals surface area contributed by atoms with Crippen LogP contribution in [0.1, 0.15) is 17.0 Å². The van der Waals surface area contributed by atoms with Crippen LogP contribution >= 0.6 is 0 Å². The molecule has 2 heterocycles. The van der Waals surface area contributed by atoms with Crippen molar-refractivity contribution in [3.05, 3.63) is 92.3 Å². The highest BCUT2D eigenvalue weighted by molar-refractivity contribution is 5.28. The summed E-state index contributed by atoms with van der Waals surface area (Å²) in [5.74, 6) is 0.103. The van der Waals surface area contributed by atoms with Gasteiger partial charge >= 0.3 is 0 Å². The number of rotatable bonds is 7. The molecule has 0 radical (unpaired) electrons. The van der Waals surface area contributed by atoms with Crippen LogP contribution in [0.5, 0.6) is 11.5 Å². The molecule has 1 aromatic carbocycles. The van der Waals surface area contributed by atoms with Crippen molar-refractivity contribution in [2.24, 2.45) is 0 Å². The maximum Gasteiger partial charge on any atom is 0.223 e. The summed E-state index contributed by atoms with van der Waals surface area (Å²) in [6.45, 7) is 4.67. The van der Waals surface area contributed by atoms with Crippen molar-refractivity contribution in [3.8, 4) is 11.5 Å². The van der Waals surface area contributed by atoms with Crippen molar-refractivity contribution in [1.29, 1.82) is 0 Å². The Labute approximate surface area is 180 Å². The average Bonchev–Trinajstić information content (AvgIpc) is 2.77. The summed E-state index contributed by atoms with van der Waals surface area (Å²) < 4.78 is 9.05. The fraction of sp³-hybridized carbons (Fsp3) is 0.304. The second-order valence-electron chi connectivity index (χ2n) is 6.82. The lowest BCUT2D eigenvalue weighted by atomic mass is 10.2. The first-order chi connectivity index (χ1) is 14.9. The van der Waals surface area contributed by atoms with Gasteiger partial charge in [-0.2, -0.15) is 0 Å². The third-order valence-corrected chi connectivity index (χ3v) is 4.71. The molecule has 0 bridgehead atoms. The van der Waals surface area contributed by atoms with Crippen molar-refractivity contribution < 1.29 is 20.1 Å². The number of hydrogen-bond acceptors (Lipinski definition) is 6. The average molecular weight is 428 g/mol. The number of nitrogens with zero attached hydrogens (tertiary/aromatic N) is 2. The minimum absolute atomic E-state index is 0.0108. The van der Waals surface area contributed by atoms with Gasteiger partial charge in [-0.25, -0.2) is 0 Å². The van der Waals surface area contributed by atoms with Crippen LogP contribution < -0.4 is 15.6 Å². The van der Waals surface area contributed by atoms with Gasteiger partial charge in [0.05, 0.1) is 24.6 Å². The summed E-state index contributed by atoms with van der Waals surface area (Å²) in [5.41, 5.74) is 1.71. The van der Waals surface area contributed by atoms with Gasteiger partial charge < -0.3 is 29.2 Å². The van der Waals surface area contributed by atoms with Crippen LogP contribution in [0.2, 0.25) is 0 Å². The van der Waals surface area contributed by atoms with Crippen LogP contribution in [0.3, 0.4) is 0 Å². The third-order valence-electron chi connectivity index (χ3n) is 4.71. The van der Waals surface area contributed by atoms with E-state index in [0.29, 0.717) is 31.1 Å². The second kappa shape index (κ2) is 11.7. The molecular weight excluding hydrogens is 400 g/mol. The fourth-order valence-electron chi connectivity index (χ4n) is 2.92. The molecule has 0 spiro atoms. The van der Waals surface area contributed by atoms with Crippen LogP contribution in [0, 0.1) is 13.8 Å². The zero-order valence-corrected chi connectivity index (χ0v) is 17.7. The molecule has 0 atom stereocenters. The quantitative estimate of drug-likeness (QED) is 0.527. The van der Waals surface area contributed by atoms with E-state index in [1.165, 1.54) is 12.1 Å². The number of benzene rings is 1. The number of pyridine rings is 2. The molecule has 0 aliphatic heterocycles. The van der Waals surface area contributed by atoms with Gasteiger partial charge in [0.15, 0.2) is 11.5 Å². The van der Waals surface area contributed by atoms with Gasteiger partial charge in [-0.05, 0) is 19.4 Å². The topological polar surface area (TPSA) is 114 Å². The van der Waals surface area contributed by atoms with Gasteiger partial charge in [0.2, 0.25) is 10.9 Å². The smallest absolute Gasteiger partial charge is 0.223 e. The zero-order chi connectivity index (χ0) is 22.8.